The molecule has 0 atom stereocenters. The molecule has 0 spiro atoms. The molecular weight excluding hydrogens is 479 g/mol. The van der Waals surface area contributed by atoms with Gasteiger partial charge in [0.05, 0.1) is 24.4 Å². The Hall–Kier alpha value is -3.50. The van der Waals surface area contributed by atoms with Crippen LogP contribution in [0.25, 0.3) is 0 Å². The van der Waals surface area contributed by atoms with Gasteiger partial charge in [-0.3, -0.25) is 9.78 Å². The summed E-state index contributed by atoms with van der Waals surface area (Å²) < 4.78 is 64.0. The Morgan fingerprint density at radius 1 is 1.24 bits per heavy atom. The average molecular weight is 496 g/mol. The van der Waals surface area contributed by atoms with E-state index in [-0.39, 0.29) is 22.9 Å². The van der Waals surface area contributed by atoms with E-state index in [0.29, 0.717) is 16.1 Å². The van der Waals surface area contributed by atoms with Crippen molar-refractivity contribution in [2.24, 2.45) is 0 Å². The van der Waals surface area contributed by atoms with Crippen LogP contribution in [0.3, 0.4) is 0 Å². The van der Waals surface area contributed by atoms with E-state index in [1.54, 1.807) is 24.0 Å². The Morgan fingerprint density at radius 3 is 2.48 bits per heavy atom. The molecule has 3 rings (SSSR count). The van der Waals surface area contributed by atoms with Crippen molar-refractivity contribution in [3.05, 3.63) is 70.0 Å². The van der Waals surface area contributed by atoms with Crippen LogP contribution in [-0.2, 0) is 22.7 Å². The predicted octanol–water partition coefficient (Wildman–Crippen LogP) is 3.76. The molecule has 0 unspecified atom stereocenters. The maximum absolute atomic E-state index is 13.1. The number of halogens is 3. The molecule has 0 saturated carbocycles. The third kappa shape index (κ3) is 6.05. The average Bonchev–Trinajstić information content (AvgIpc) is 3.12. The number of carbonyl (C=O) groups excluding carboxylic acids is 1. The molecule has 1 aromatic carbocycles. The third-order valence-corrected chi connectivity index (χ3v) is 5.82. The van der Waals surface area contributed by atoms with Gasteiger partial charge in [0.1, 0.15) is 11.4 Å². The lowest BCUT2D eigenvalue weighted by atomic mass is 10.1. The number of sulfonamides is 1. The summed E-state index contributed by atoms with van der Waals surface area (Å²) in [6, 6.07) is 10.6. The van der Waals surface area contributed by atoms with Crippen molar-refractivity contribution in [1.82, 2.24) is 14.7 Å². The molecule has 0 fully saturated rings. The molecule has 13 heteroatoms. The first-order valence-electron chi connectivity index (χ1n) is 9.17. The van der Waals surface area contributed by atoms with Crippen LogP contribution >= 0.6 is 11.3 Å². The van der Waals surface area contributed by atoms with Gasteiger partial charge >= 0.3 is 6.18 Å². The maximum atomic E-state index is 13.1. The lowest BCUT2D eigenvalue weighted by Gasteiger charge is -2.22. The number of amides is 1. The zero-order chi connectivity index (χ0) is 24.4. The predicted molar refractivity (Wildman–Crippen MR) is 115 cm³/mol. The Bertz CT molecular complexity index is 1330. The third-order valence-electron chi connectivity index (χ3n) is 4.27. The molecular formula is C20H16F3N5O3S2. The second kappa shape index (κ2) is 9.16. The van der Waals surface area contributed by atoms with Gasteiger partial charge in [0.25, 0.3) is 5.91 Å². The number of rotatable bonds is 6. The van der Waals surface area contributed by atoms with E-state index in [1.807, 2.05) is 10.8 Å². The van der Waals surface area contributed by atoms with E-state index < -0.39 is 27.8 Å². The SMILES string of the molecule is Cc1sc(N(Cc2ccnc(C(F)(F)F)c2)c2ccc(C#N)cc2)nc1C(=O)NS(C)(=O)=O. The number of carbonyl (C=O) groups is 1. The summed E-state index contributed by atoms with van der Waals surface area (Å²) in [5.41, 5.74) is -0.0153. The van der Waals surface area contributed by atoms with Gasteiger partial charge in [-0.05, 0) is 48.9 Å². The monoisotopic (exact) mass is 495 g/mol. The summed E-state index contributed by atoms with van der Waals surface area (Å²) in [4.78, 5) is 21.9. The van der Waals surface area contributed by atoms with Crippen molar-refractivity contribution in [2.45, 2.75) is 19.6 Å². The number of aryl methyl sites for hydroxylation is 1. The van der Waals surface area contributed by atoms with Crippen molar-refractivity contribution in [2.75, 3.05) is 11.2 Å². The fraction of sp³-hybridized carbons (Fsp3) is 0.200. The number of benzene rings is 1. The highest BCUT2D eigenvalue weighted by Gasteiger charge is 2.32. The summed E-state index contributed by atoms with van der Waals surface area (Å²) in [5, 5.41) is 9.29. The standard InChI is InChI=1S/C20H16F3N5O3S2/c1-12-17(18(29)27-33(2,30)31)26-19(32-12)28(15-5-3-13(10-24)4-6-15)11-14-7-8-25-16(9-14)20(21,22)23/h3-9H,11H2,1-2H3,(H,27,29). The highest BCUT2D eigenvalue weighted by molar-refractivity contribution is 7.89. The summed E-state index contributed by atoms with van der Waals surface area (Å²) in [6.45, 7) is 1.51. The number of alkyl halides is 3. The quantitative estimate of drug-likeness (QED) is 0.553. The molecule has 2 heterocycles. The number of anilines is 2. The molecule has 1 amide bonds. The van der Waals surface area contributed by atoms with Crippen LogP contribution in [0.15, 0.2) is 42.6 Å². The molecule has 2 aromatic heterocycles. The number of hydrogen-bond acceptors (Lipinski definition) is 8. The first-order valence-corrected chi connectivity index (χ1v) is 11.9. The van der Waals surface area contributed by atoms with Gasteiger partial charge in [0.2, 0.25) is 10.0 Å². The Kier molecular flexibility index (Phi) is 6.71. The van der Waals surface area contributed by atoms with E-state index >= 15 is 0 Å². The van der Waals surface area contributed by atoms with Crippen LogP contribution in [0.4, 0.5) is 24.0 Å². The molecule has 0 bridgehead atoms. The first-order chi connectivity index (χ1) is 15.4. The Morgan fingerprint density at radius 2 is 1.91 bits per heavy atom. The van der Waals surface area contributed by atoms with E-state index in [0.717, 1.165) is 29.9 Å². The number of hydrogen-bond donors (Lipinski definition) is 1. The van der Waals surface area contributed by atoms with Crippen LogP contribution in [0.2, 0.25) is 0 Å². The topological polar surface area (TPSA) is 116 Å². The normalized spacial score (nSPS) is 11.6. The van der Waals surface area contributed by atoms with Gasteiger partial charge in [-0.25, -0.2) is 18.1 Å². The molecule has 3 aromatic rings. The van der Waals surface area contributed by atoms with Crippen LogP contribution < -0.4 is 9.62 Å². The first kappa shape index (κ1) is 24.1. The van der Waals surface area contributed by atoms with Crippen LogP contribution in [0.5, 0.6) is 0 Å². The summed E-state index contributed by atoms with van der Waals surface area (Å²) in [5.74, 6) is -0.916. The van der Waals surface area contributed by atoms with Crippen LogP contribution in [0.1, 0.15) is 32.2 Å². The second-order valence-electron chi connectivity index (χ2n) is 6.90. The fourth-order valence-corrected chi connectivity index (χ4v) is 4.18. The van der Waals surface area contributed by atoms with Crippen LogP contribution in [0, 0.1) is 18.3 Å². The lowest BCUT2D eigenvalue weighted by molar-refractivity contribution is -0.141. The second-order valence-corrected chi connectivity index (χ2v) is 9.83. The van der Waals surface area contributed by atoms with Gasteiger partial charge < -0.3 is 4.90 Å². The zero-order valence-corrected chi connectivity index (χ0v) is 18.8. The van der Waals surface area contributed by atoms with Crippen molar-refractivity contribution >= 4 is 38.1 Å². The molecule has 0 aliphatic carbocycles. The molecule has 0 aliphatic heterocycles. The minimum absolute atomic E-state index is 0.0579. The zero-order valence-electron chi connectivity index (χ0n) is 17.2. The van der Waals surface area contributed by atoms with Crippen molar-refractivity contribution in [3.8, 4) is 6.07 Å². The molecule has 8 nitrogen and oxygen atoms in total. The molecule has 0 saturated heterocycles. The highest BCUT2D eigenvalue weighted by atomic mass is 32.2. The van der Waals surface area contributed by atoms with Gasteiger partial charge in [-0.2, -0.15) is 18.4 Å². The number of nitrogens with one attached hydrogen (secondary N) is 1. The van der Waals surface area contributed by atoms with E-state index in [2.05, 4.69) is 9.97 Å². The van der Waals surface area contributed by atoms with Gasteiger partial charge in [0.15, 0.2) is 5.13 Å². The van der Waals surface area contributed by atoms with E-state index in [4.69, 9.17) is 5.26 Å². The lowest BCUT2D eigenvalue weighted by Crippen LogP contribution is -2.30. The number of nitriles is 1. The number of pyridine rings is 1. The minimum Gasteiger partial charge on any atom is -0.313 e. The molecule has 1 N–H and O–H groups in total. The van der Waals surface area contributed by atoms with E-state index in [1.165, 1.54) is 18.2 Å². The van der Waals surface area contributed by atoms with Gasteiger partial charge in [0, 0.05) is 16.8 Å². The van der Waals surface area contributed by atoms with E-state index in [9.17, 15) is 26.4 Å². The van der Waals surface area contributed by atoms with Crippen molar-refractivity contribution in [3.63, 3.8) is 0 Å². The smallest absolute Gasteiger partial charge is 0.313 e. The van der Waals surface area contributed by atoms with Gasteiger partial charge in [-0.1, -0.05) is 0 Å². The number of nitrogens with zero attached hydrogens (tertiary/aromatic N) is 4. The molecule has 172 valence electrons. The van der Waals surface area contributed by atoms with Crippen LogP contribution in [-0.4, -0.2) is 30.5 Å². The van der Waals surface area contributed by atoms with Crippen molar-refractivity contribution in [1.29, 1.82) is 5.26 Å². The number of aromatic nitrogens is 2. The molecule has 33 heavy (non-hydrogen) atoms. The van der Waals surface area contributed by atoms with Crippen molar-refractivity contribution < 1.29 is 26.4 Å². The molecule has 0 aliphatic rings. The Labute approximate surface area is 191 Å². The fourth-order valence-electron chi connectivity index (χ4n) is 2.82. The minimum atomic E-state index is -4.62. The number of thiazole rings is 1. The summed E-state index contributed by atoms with van der Waals surface area (Å²) >= 11 is 1.07. The molecule has 0 radical (unpaired) electrons. The highest BCUT2D eigenvalue weighted by Crippen LogP contribution is 2.34. The summed E-state index contributed by atoms with van der Waals surface area (Å²) in [7, 11) is -3.82. The largest absolute Gasteiger partial charge is 0.433 e. The Balaban J connectivity index is 2.04. The summed E-state index contributed by atoms with van der Waals surface area (Å²) in [6.07, 6.45) is -2.74. The maximum Gasteiger partial charge on any atom is 0.433 e. The van der Waals surface area contributed by atoms with Gasteiger partial charge in [-0.15, -0.1) is 11.3 Å².